The smallest absolute Gasteiger partial charge is 0.321 e. The molecule has 1 fully saturated rings. The third-order valence-corrected chi connectivity index (χ3v) is 3.27. The average Bonchev–Trinajstić information content (AvgIpc) is 2.49. The average molecular weight is 293 g/mol. The van der Waals surface area contributed by atoms with Crippen LogP contribution in [0.4, 0.5) is 4.79 Å². The SMILES string of the molecule is COc1ccc(CCNC2CNC(=O)NC2=O)cc1OC. The molecular formula is C14H19N3O4. The first-order chi connectivity index (χ1) is 10.1. The Labute approximate surface area is 123 Å². The summed E-state index contributed by atoms with van der Waals surface area (Å²) in [6.07, 6.45) is 0.734. The number of benzene rings is 1. The Morgan fingerprint density at radius 1 is 1.24 bits per heavy atom. The summed E-state index contributed by atoms with van der Waals surface area (Å²) in [6, 6.07) is 4.86. The summed E-state index contributed by atoms with van der Waals surface area (Å²) in [7, 11) is 3.18. The highest BCUT2D eigenvalue weighted by atomic mass is 16.5. The first-order valence-corrected chi connectivity index (χ1v) is 6.67. The van der Waals surface area contributed by atoms with Gasteiger partial charge in [-0.25, -0.2) is 4.79 Å². The molecule has 3 amide bonds. The monoisotopic (exact) mass is 293 g/mol. The zero-order valence-corrected chi connectivity index (χ0v) is 12.1. The van der Waals surface area contributed by atoms with Crippen LogP contribution in [0.25, 0.3) is 0 Å². The number of urea groups is 1. The van der Waals surface area contributed by atoms with Gasteiger partial charge < -0.3 is 20.1 Å². The third kappa shape index (κ3) is 3.85. The van der Waals surface area contributed by atoms with E-state index in [9.17, 15) is 9.59 Å². The highest BCUT2D eigenvalue weighted by Gasteiger charge is 2.25. The van der Waals surface area contributed by atoms with Crippen LogP contribution in [0.1, 0.15) is 5.56 Å². The first kappa shape index (κ1) is 15.1. The predicted molar refractivity (Wildman–Crippen MR) is 76.6 cm³/mol. The summed E-state index contributed by atoms with van der Waals surface area (Å²) in [5.74, 6) is 1.06. The number of imide groups is 1. The number of nitrogens with one attached hydrogen (secondary N) is 3. The second-order valence-electron chi connectivity index (χ2n) is 4.65. The molecule has 0 spiro atoms. The van der Waals surface area contributed by atoms with Crippen molar-refractivity contribution in [3.05, 3.63) is 23.8 Å². The van der Waals surface area contributed by atoms with Gasteiger partial charge in [-0.05, 0) is 30.7 Å². The minimum Gasteiger partial charge on any atom is -0.493 e. The Balaban J connectivity index is 1.86. The summed E-state index contributed by atoms with van der Waals surface area (Å²) in [5, 5.41) is 7.91. The Kier molecular flexibility index (Phi) is 4.99. The number of carbonyl (C=O) groups excluding carboxylic acids is 2. The lowest BCUT2D eigenvalue weighted by molar-refractivity contribution is -0.122. The number of carbonyl (C=O) groups is 2. The van der Waals surface area contributed by atoms with Crippen LogP contribution in [-0.2, 0) is 11.2 Å². The van der Waals surface area contributed by atoms with Crippen molar-refractivity contribution in [2.45, 2.75) is 12.5 Å². The molecule has 3 N–H and O–H groups in total. The molecule has 21 heavy (non-hydrogen) atoms. The van der Waals surface area contributed by atoms with E-state index in [2.05, 4.69) is 16.0 Å². The second-order valence-corrected chi connectivity index (χ2v) is 4.65. The summed E-state index contributed by atoms with van der Waals surface area (Å²) in [6.45, 7) is 0.917. The van der Waals surface area contributed by atoms with Gasteiger partial charge >= 0.3 is 6.03 Å². The summed E-state index contributed by atoms with van der Waals surface area (Å²) in [4.78, 5) is 22.5. The lowest BCUT2D eigenvalue weighted by Crippen LogP contribution is -2.60. The number of hydrogen-bond acceptors (Lipinski definition) is 5. The van der Waals surface area contributed by atoms with Crippen molar-refractivity contribution in [2.75, 3.05) is 27.3 Å². The maximum Gasteiger partial charge on any atom is 0.321 e. The molecule has 1 aliphatic rings. The van der Waals surface area contributed by atoms with Gasteiger partial charge in [0.25, 0.3) is 0 Å². The summed E-state index contributed by atoms with van der Waals surface area (Å²) >= 11 is 0. The standard InChI is InChI=1S/C14H19N3O4/c1-20-11-4-3-9(7-12(11)21-2)5-6-15-10-8-16-14(19)17-13(10)18/h3-4,7,10,15H,5-6,8H2,1-2H3,(H2,16,17,18,19). The van der Waals surface area contributed by atoms with Crippen molar-refractivity contribution >= 4 is 11.9 Å². The van der Waals surface area contributed by atoms with E-state index in [-0.39, 0.29) is 5.91 Å². The zero-order valence-electron chi connectivity index (χ0n) is 12.1. The van der Waals surface area contributed by atoms with Crippen LogP contribution in [0.3, 0.4) is 0 Å². The molecule has 0 aromatic heterocycles. The van der Waals surface area contributed by atoms with Gasteiger partial charge in [0, 0.05) is 6.54 Å². The largest absolute Gasteiger partial charge is 0.493 e. The topological polar surface area (TPSA) is 88.7 Å². The van der Waals surface area contributed by atoms with E-state index in [0.717, 1.165) is 12.0 Å². The zero-order chi connectivity index (χ0) is 15.2. The molecule has 0 bridgehead atoms. The highest BCUT2D eigenvalue weighted by Crippen LogP contribution is 2.27. The molecule has 1 aromatic rings. The third-order valence-electron chi connectivity index (χ3n) is 3.27. The fourth-order valence-electron chi connectivity index (χ4n) is 2.12. The first-order valence-electron chi connectivity index (χ1n) is 6.67. The van der Waals surface area contributed by atoms with E-state index in [1.165, 1.54) is 0 Å². The molecule has 1 atom stereocenters. The van der Waals surface area contributed by atoms with Crippen LogP contribution in [0.5, 0.6) is 11.5 Å². The lowest BCUT2D eigenvalue weighted by Gasteiger charge is -2.23. The normalized spacial score (nSPS) is 17.9. The lowest BCUT2D eigenvalue weighted by atomic mass is 10.1. The van der Waals surface area contributed by atoms with Crippen molar-refractivity contribution in [3.8, 4) is 11.5 Å². The van der Waals surface area contributed by atoms with Crippen molar-refractivity contribution in [3.63, 3.8) is 0 Å². The Morgan fingerprint density at radius 3 is 2.67 bits per heavy atom. The molecule has 114 valence electrons. The van der Waals surface area contributed by atoms with E-state index >= 15 is 0 Å². The molecule has 1 aliphatic heterocycles. The van der Waals surface area contributed by atoms with E-state index < -0.39 is 12.1 Å². The van der Waals surface area contributed by atoms with Crippen LogP contribution in [0.15, 0.2) is 18.2 Å². The fraction of sp³-hybridized carbons (Fsp3) is 0.429. The van der Waals surface area contributed by atoms with Gasteiger partial charge in [-0.2, -0.15) is 0 Å². The molecule has 0 saturated carbocycles. The van der Waals surface area contributed by atoms with E-state index in [0.29, 0.717) is 24.6 Å². The Morgan fingerprint density at radius 2 is 2.00 bits per heavy atom. The van der Waals surface area contributed by atoms with E-state index in [1.54, 1.807) is 14.2 Å². The molecule has 2 rings (SSSR count). The number of amides is 3. The van der Waals surface area contributed by atoms with E-state index in [4.69, 9.17) is 9.47 Å². The number of hydrogen-bond donors (Lipinski definition) is 3. The van der Waals surface area contributed by atoms with Crippen LogP contribution in [-0.4, -0.2) is 45.3 Å². The van der Waals surface area contributed by atoms with E-state index in [1.807, 2.05) is 18.2 Å². The maximum absolute atomic E-state index is 11.6. The molecule has 7 nitrogen and oxygen atoms in total. The minimum atomic E-state index is -0.446. The van der Waals surface area contributed by atoms with Crippen molar-refractivity contribution in [1.29, 1.82) is 0 Å². The molecule has 1 heterocycles. The van der Waals surface area contributed by atoms with Gasteiger partial charge in [-0.3, -0.25) is 10.1 Å². The molecule has 1 unspecified atom stereocenters. The Hall–Kier alpha value is -2.28. The summed E-state index contributed by atoms with van der Waals surface area (Å²) < 4.78 is 10.4. The van der Waals surface area contributed by atoms with Crippen LogP contribution in [0.2, 0.25) is 0 Å². The van der Waals surface area contributed by atoms with Crippen molar-refractivity contribution < 1.29 is 19.1 Å². The van der Waals surface area contributed by atoms with Gasteiger partial charge in [0.15, 0.2) is 11.5 Å². The predicted octanol–water partition coefficient (Wildman–Crippen LogP) is 0.0439. The molecule has 1 aromatic carbocycles. The number of ether oxygens (including phenoxy) is 2. The maximum atomic E-state index is 11.6. The molecular weight excluding hydrogens is 274 g/mol. The van der Waals surface area contributed by atoms with Crippen LogP contribution >= 0.6 is 0 Å². The van der Waals surface area contributed by atoms with Crippen LogP contribution in [0, 0.1) is 0 Å². The van der Waals surface area contributed by atoms with Gasteiger partial charge in [-0.1, -0.05) is 6.07 Å². The van der Waals surface area contributed by atoms with Crippen LogP contribution < -0.4 is 25.4 Å². The molecule has 0 aliphatic carbocycles. The molecule has 1 saturated heterocycles. The van der Waals surface area contributed by atoms with Gasteiger partial charge in [-0.15, -0.1) is 0 Å². The summed E-state index contributed by atoms with van der Waals surface area (Å²) in [5.41, 5.74) is 1.07. The molecule has 0 radical (unpaired) electrons. The van der Waals surface area contributed by atoms with Gasteiger partial charge in [0.1, 0.15) is 6.04 Å². The van der Waals surface area contributed by atoms with Crippen molar-refractivity contribution in [1.82, 2.24) is 16.0 Å². The Bertz CT molecular complexity index is 533. The van der Waals surface area contributed by atoms with Gasteiger partial charge in [0.2, 0.25) is 5.91 Å². The highest BCUT2D eigenvalue weighted by molar-refractivity contribution is 5.99. The van der Waals surface area contributed by atoms with Crippen molar-refractivity contribution in [2.24, 2.45) is 0 Å². The quantitative estimate of drug-likeness (QED) is 0.689. The number of rotatable bonds is 6. The van der Waals surface area contributed by atoms with Gasteiger partial charge in [0.05, 0.1) is 14.2 Å². The number of methoxy groups -OCH3 is 2. The second kappa shape index (κ2) is 6.94. The molecule has 7 heteroatoms. The minimum absolute atomic E-state index is 0.300. The fourth-order valence-corrected chi connectivity index (χ4v) is 2.12.